The fourth-order valence-corrected chi connectivity index (χ4v) is 3.54. The molecule has 106 valence electrons. The van der Waals surface area contributed by atoms with Crippen molar-refractivity contribution in [2.24, 2.45) is 0 Å². The third-order valence-electron chi connectivity index (χ3n) is 3.51. The first kappa shape index (κ1) is 13.9. The van der Waals surface area contributed by atoms with Crippen LogP contribution in [0.15, 0.2) is 53.4 Å². The number of amides is 1. The van der Waals surface area contributed by atoms with Gasteiger partial charge in [0.2, 0.25) is 5.91 Å². The molecule has 4 heteroatoms. The van der Waals surface area contributed by atoms with E-state index in [0.29, 0.717) is 12.1 Å². The molecule has 3 nitrogen and oxygen atoms in total. The van der Waals surface area contributed by atoms with Gasteiger partial charge >= 0.3 is 0 Å². The van der Waals surface area contributed by atoms with Gasteiger partial charge < -0.3 is 4.90 Å². The largest absolute Gasteiger partial charge is 0.306 e. The van der Waals surface area contributed by atoms with Crippen LogP contribution in [0.1, 0.15) is 22.8 Å². The number of fused-ring (bicyclic) bond motifs is 1. The minimum atomic E-state index is -0.136. The highest BCUT2D eigenvalue weighted by molar-refractivity contribution is 8.01. The zero-order valence-electron chi connectivity index (χ0n) is 11.7. The lowest BCUT2D eigenvalue weighted by Gasteiger charge is -2.32. The molecule has 0 saturated heterocycles. The van der Waals surface area contributed by atoms with Gasteiger partial charge in [-0.3, -0.25) is 9.59 Å². The first-order chi connectivity index (χ1) is 10.2. The molecular formula is C17H15NO2S. The second kappa shape index (κ2) is 5.74. The summed E-state index contributed by atoms with van der Waals surface area (Å²) in [5.41, 5.74) is 2.62. The summed E-state index contributed by atoms with van der Waals surface area (Å²) in [5.74, 6) is 0.107. The van der Waals surface area contributed by atoms with E-state index in [9.17, 15) is 9.59 Å². The quantitative estimate of drug-likeness (QED) is 0.813. The number of rotatable bonds is 3. The maximum absolute atomic E-state index is 12.5. The predicted octanol–water partition coefficient (Wildman–Crippen LogP) is 3.53. The van der Waals surface area contributed by atoms with E-state index in [1.54, 1.807) is 11.0 Å². The van der Waals surface area contributed by atoms with Crippen LogP contribution in [0.4, 0.5) is 5.69 Å². The normalized spacial score (nSPS) is 17.5. The van der Waals surface area contributed by atoms with Crippen molar-refractivity contribution in [3.8, 4) is 0 Å². The molecule has 1 unspecified atom stereocenters. The van der Waals surface area contributed by atoms with Crippen LogP contribution in [0, 0.1) is 0 Å². The molecule has 0 N–H and O–H groups in total. The Balaban J connectivity index is 1.99. The summed E-state index contributed by atoms with van der Waals surface area (Å²) in [6, 6.07) is 15.4. The van der Waals surface area contributed by atoms with Crippen molar-refractivity contribution in [1.29, 1.82) is 0 Å². The summed E-state index contributed by atoms with van der Waals surface area (Å²) >= 11 is 1.51. The fraction of sp³-hybridized carbons (Fsp3) is 0.176. The van der Waals surface area contributed by atoms with E-state index >= 15 is 0 Å². The topological polar surface area (TPSA) is 37.4 Å². The maximum Gasteiger partial charge on any atom is 0.240 e. The van der Waals surface area contributed by atoms with Crippen LogP contribution in [0.3, 0.4) is 0 Å². The van der Waals surface area contributed by atoms with Crippen molar-refractivity contribution in [1.82, 2.24) is 0 Å². The summed E-state index contributed by atoms with van der Waals surface area (Å²) in [4.78, 5) is 26.2. The first-order valence-corrected chi connectivity index (χ1v) is 7.68. The van der Waals surface area contributed by atoms with E-state index < -0.39 is 0 Å². The molecule has 2 aromatic carbocycles. The van der Waals surface area contributed by atoms with Gasteiger partial charge in [-0.1, -0.05) is 30.3 Å². The van der Waals surface area contributed by atoms with Gasteiger partial charge in [-0.25, -0.2) is 0 Å². The number of benzene rings is 2. The van der Waals surface area contributed by atoms with Crippen LogP contribution in [-0.4, -0.2) is 17.4 Å². The number of carbonyl (C=O) groups is 2. The molecule has 21 heavy (non-hydrogen) atoms. The smallest absolute Gasteiger partial charge is 0.240 e. The van der Waals surface area contributed by atoms with Crippen LogP contribution in [0.5, 0.6) is 0 Å². The zero-order chi connectivity index (χ0) is 14.8. The Morgan fingerprint density at radius 1 is 1.19 bits per heavy atom. The van der Waals surface area contributed by atoms with Crippen LogP contribution in [0.2, 0.25) is 0 Å². The molecule has 0 spiro atoms. The standard InChI is InChI=1S/C17H15NO2S/c1-12-17(20)18(10-13-5-3-2-4-6-13)15-8-7-14(11-19)9-16(15)21-12/h2-9,11-12H,10H2,1H3. The van der Waals surface area contributed by atoms with Crippen molar-refractivity contribution in [3.63, 3.8) is 0 Å². The Kier molecular flexibility index (Phi) is 3.80. The van der Waals surface area contributed by atoms with E-state index in [4.69, 9.17) is 0 Å². The molecule has 0 radical (unpaired) electrons. The SMILES string of the molecule is CC1Sc2cc(C=O)ccc2N(Cc2ccccc2)C1=O. The number of hydrogen-bond donors (Lipinski definition) is 0. The van der Waals surface area contributed by atoms with E-state index in [2.05, 4.69) is 0 Å². The molecule has 0 aliphatic carbocycles. The summed E-state index contributed by atoms with van der Waals surface area (Å²) in [5, 5.41) is -0.136. The minimum absolute atomic E-state index is 0.107. The van der Waals surface area contributed by atoms with Gasteiger partial charge in [-0.2, -0.15) is 0 Å². The molecule has 1 atom stereocenters. The van der Waals surface area contributed by atoms with Gasteiger partial charge in [-0.15, -0.1) is 11.8 Å². The highest BCUT2D eigenvalue weighted by Gasteiger charge is 2.30. The fourth-order valence-electron chi connectivity index (χ4n) is 2.43. The number of hydrogen-bond acceptors (Lipinski definition) is 3. The van der Waals surface area contributed by atoms with Crippen molar-refractivity contribution >= 4 is 29.6 Å². The molecule has 1 aliphatic rings. The summed E-state index contributed by atoms with van der Waals surface area (Å²) in [6.07, 6.45) is 0.837. The Hall–Kier alpha value is -2.07. The number of anilines is 1. The highest BCUT2D eigenvalue weighted by atomic mass is 32.2. The Bertz CT molecular complexity index is 684. The van der Waals surface area contributed by atoms with E-state index in [0.717, 1.165) is 22.4 Å². The number of nitrogens with zero attached hydrogens (tertiary/aromatic N) is 1. The molecule has 1 aliphatic heterocycles. The van der Waals surface area contributed by atoms with Gasteiger partial charge in [0.05, 0.1) is 17.5 Å². The van der Waals surface area contributed by atoms with Crippen molar-refractivity contribution < 1.29 is 9.59 Å². The van der Waals surface area contributed by atoms with Crippen molar-refractivity contribution in [3.05, 3.63) is 59.7 Å². The average molecular weight is 297 g/mol. The van der Waals surface area contributed by atoms with Crippen LogP contribution < -0.4 is 4.90 Å². The van der Waals surface area contributed by atoms with Crippen LogP contribution in [0.25, 0.3) is 0 Å². The van der Waals surface area contributed by atoms with Gasteiger partial charge in [0.1, 0.15) is 6.29 Å². The lowest BCUT2D eigenvalue weighted by Crippen LogP contribution is -2.39. The van der Waals surface area contributed by atoms with E-state index in [1.165, 1.54) is 11.8 Å². The molecule has 0 saturated carbocycles. The molecule has 1 amide bonds. The zero-order valence-corrected chi connectivity index (χ0v) is 12.5. The van der Waals surface area contributed by atoms with Gasteiger partial charge in [0.25, 0.3) is 0 Å². The molecular weight excluding hydrogens is 282 g/mol. The lowest BCUT2D eigenvalue weighted by molar-refractivity contribution is -0.118. The molecule has 1 heterocycles. The van der Waals surface area contributed by atoms with Crippen LogP contribution in [-0.2, 0) is 11.3 Å². The van der Waals surface area contributed by atoms with Gasteiger partial charge in [0.15, 0.2) is 0 Å². The summed E-state index contributed by atoms with van der Waals surface area (Å²) < 4.78 is 0. The molecule has 3 rings (SSSR count). The number of carbonyl (C=O) groups excluding carboxylic acids is 2. The third-order valence-corrected chi connectivity index (χ3v) is 4.65. The highest BCUT2D eigenvalue weighted by Crippen LogP contribution is 2.40. The Morgan fingerprint density at radius 2 is 1.95 bits per heavy atom. The van der Waals surface area contributed by atoms with E-state index in [1.807, 2.05) is 49.4 Å². The summed E-state index contributed by atoms with van der Waals surface area (Å²) in [7, 11) is 0. The second-order valence-corrected chi connectivity index (χ2v) is 6.40. The first-order valence-electron chi connectivity index (χ1n) is 6.80. The molecule has 0 aromatic heterocycles. The summed E-state index contributed by atoms with van der Waals surface area (Å²) in [6.45, 7) is 2.46. The van der Waals surface area contributed by atoms with Gasteiger partial charge in [0, 0.05) is 10.5 Å². The monoisotopic (exact) mass is 297 g/mol. The minimum Gasteiger partial charge on any atom is -0.306 e. The van der Waals surface area contributed by atoms with E-state index in [-0.39, 0.29) is 11.2 Å². The lowest BCUT2D eigenvalue weighted by atomic mass is 10.1. The molecule has 0 bridgehead atoms. The van der Waals surface area contributed by atoms with Crippen LogP contribution >= 0.6 is 11.8 Å². The average Bonchev–Trinajstić information content (AvgIpc) is 2.52. The second-order valence-electron chi connectivity index (χ2n) is 5.02. The predicted molar refractivity (Wildman–Crippen MR) is 84.8 cm³/mol. The van der Waals surface area contributed by atoms with Crippen molar-refractivity contribution in [2.75, 3.05) is 4.90 Å². The Labute approximate surface area is 128 Å². The number of thioether (sulfide) groups is 1. The number of aldehydes is 1. The van der Waals surface area contributed by atoms with Crippen molar-refractivity contribution in [2.45, 2.75) is 23.6 Å². The van der Waals surface area contributed by atoms with Gasteiger partial charge in [-0.05, 0) is 30.7 Å². The third kappa shape index (κ3) is 2.72. The molecule has 0 fully saturated rings. The molecule has 2 aromatic rings. The Morgan fingerprint density at radius 3 is 2.67 bits per heavy atom. The maximum atomic E-state index is 12.5.